The molecule has 1 N–H and O–H groups in total. The molecule has 0 aromatic carbocycles. The Morgan fingerprint density at radius 3 is 2.38 bits per heavy atom. The largest absolute Gasteiger partial charge is 0.319 e. The average molecular weight is 133 g/mol. The van der Waals surface area contributed by atoms with Gasteiger partial charge in [-0.25, -0.2) is 0 Å². The zero-order valence-electron chi connectivity index (χ0n) is 5.90. The Balaban J connectivity index is 3.32. The number of rotatable bonds is 3. The third-order valence-electron chi connectivity index (χ3n) is 1.18. The van der Waals surface area contributed by atoms with E-state index >= 15 is 0 Å². The van der Waals surface area contributed by atoms with Gasteiger partial charge in [-0.3, -0.25) is 0 Å². The molecule has 0 aliphatic rings. The van der Waals surface area contributed by atoms with Gasteiger partial charge in [0, 0.05) is 11.8 Å². The van der Waals surface area contributed by atoms with Crippen molar-refractivity contribution in [3.63, 3.8) is 0 Å². The van der Waals surface area contributed by atoms with Crippen LogP contribution in [0.4, 0.5) is 0 Å². The van der Waals surface area contributed by atoms with Crippen molar-refractivity contribution in [1.82, 2.24) is 5.32 Å². The van der Waals surface area contributed by atoms with Gasteiger partial charge in [0.2, 0.25) is 0 Å². The molecule has 0 heterocycles. The van der Waals surface area contributed by atoms with Gasteiger partial charge in [-0.2, -0.15) is 10.5 Å². The van der Waals surface area contributed by atoms with E-state index < -0.39 is 0 Å². The van der Waals surface area contributed by atoms with Crippen LogP contribution in [0.2, 0.25) is 0 Å². The molecule has 8 heavy (non-hydrogen) atoms. The van der Waals surface area contributed by atoms with Crippen LogP contribution < -0.4 is 5.32 Å². The third kappa shape index (κ3) is 3.22. The smallest absolute Gasteiger partial charge is 0.00859 e. The van der Waals surface area contributed by atoms with Crippen LogP contribution in [0.25, 0.3) is 0 Å². The Morgan fingerprint density at radius 1 is 1.75 bits per heavy atom. The van der Waals surface area contributed by atoms with E-state index in [1.165, 1.54) is 0 Å². The van der Waals surface area contributed by atoms with Crippen LogP contribution in [0, 0.1) is 0 Å². The maximum atomic E-state index is 3.94. The molecule has 0 aromatic rings. The van der Waals surface area contributed by atoms with Gasteiger partial charge in [-0.05, 0) is 13.3 Å². The topological polar surface area (TPSA) is 12.0 Å². The van der Waals surface area contributed by atoms with E-state index in [0.29, 0.717) is 10.5 Å². The minimum Gasteiger partial charge on any atom is -0.319 e. The molecule has 0 radical (unpaired) electrons. The molecule has 50 valence electrons. The lowest BCUT2D eigenvalue weighted by Gasteiger charge is -2.09. The molecule has 1 nitrogen and oxygen atoms in total. The Hall–Kier alpha value is 0.180. The molecule has 2 heteroatoms. The maximum Gasteiger partial charge on any atom is 0.00859 e. The van der Waals surface area contributed by atoms with Crippen LogP contribution in [0.1, 0.15) is 6.92 Å². The summed E-state index contributed by atoms with van der Waals surface area (Å²) in [7, 11) is 2.30. The standard InChI is InChI=1S/C6H15NS/c1-6(5-7-2)8(3)4/h6-7H,3,5H2,1-2,4H3. The van der Waals surface area contributed by atoms with Crippen molar-refractivity contribution in [3.05, 3.63) is 0 Å². The molecule has 2 unspecified atom stereocenters. The normalized spacial score (nSPS) is 17.9. The zero-order chi connectivity index (χ0) is 6.57. The fourth-order valence-corrected chi connectivity index (χ4v) is 0.881. The van der Waals surface area contributed by atoms with Crippen LogP contribution >= 0.6 is 10.5 Å². The van der Waals surface area contributed by atoms with Crippen molar-refractivity contribution in [2.75, 3.05) is 19.8 Å². The van der Waals surface area contributed by atoms with Crippen LogP contribution in [0.3, 0.4) is 0 Å². The van der Waals surface area contributed by atoms with Gasteiger partial charge >= 0.3 is 0 Å². The van der Waals surface area contributed by atoms with Crippen molar-refractivity contribution in [2.24, 2.45) is 0 Å². The second-order valence-corrected chi connectivity index (χ2v) is 4.25. The van der Waals surface area contributed by atoms with Crippen LogP contribution in [-0.2, 0) is 0 Å². The van der Waals surface area contributed by atoms with Gasteiger partial charge in [0.25, 0.3) is 0 Å². The van der Waals surface area contributed by atoms with E-state index in [-0.39, 0.29) is 0 Å². The summed E-state index contributed by atoms with van der Waals surface area (Å²) in [5, 5.41) is 3.84. The summed E-state index contributed by atoms with van der Waals surface area (Å²) in [5.74, 6) is 3.94. The first-order valence-corrected chi connectivity index (χ1v) is 4.64. The Labute approximate surface area is 54.4 Å². The van der Waals surface area contributed by atoms with Crippen molar-refractivity contribution in [3.8, 4) is 0 Å². The van der Waals surface area contributed by atoms with Gasteiger partial charge in [0.1, 0.15) is 0 Å². The number of hydrogen-bond donors (Lipinski definition) is 1. The summed E-state index contributed by atoms with van der Waals surface area (Å²) in [5.41, 5.74) is 0. The maximum absolute atomic E-state index is 3.94. The highest BCUT2D eigenvalue weighted by atomic mass is 32.2. The summed E-state index contributed by atoms with van der Waals surface area (Å²) in [4.78, 5) is 0. The highest BCUT2D eigenvalue weighted by molar-refractivity contribution is 8.14. The summed E-state index contributed by atoms with van der Waals surface area (Å²) in [6.45, 7) is 3.30. The lowest BCUT2D eigenvalue weighted by Crippen LogP contribution is -2.18. The molecule has 2 atom stereocenters. The quantitative estimate of drug-likeness (QED) is 0.565. The van der Waals surface area contributed by atoms with E-state index in [9.17, 15) is 0 Å². The number of hydrogen-bond acceptors (Lipinski definition) is 1. The number of nitrogens with one attached hydrogen (secondary N) is 1. The van der Waals surface area contributed by atoms with E-state index in [2.05, 4.69) is 24.4 Å². The predicted molar refractivity (Wildman–Crippen MR) is 44.0 cm³/mol. The molecule has 0 bridgehead atoms. The van der Waals surface area contributed by atoms with E-state index in [1.54, 1.807) is 0 Å². The predicted octanol–water partition coefficient (Wildman–Crippen LogP) is 0.925. The molecule has 0 aliphatic carbocycles. The van der Waals surface area contributed by atoms with E-state index in [4.69, 9.17) is 0 Å². The third-order valence-corrected chi connectivity index (χ3v) is 2.72. The molecule has 0 rings (SSSR count). The van der Waals surface area contributed by atoms with Crippen molar-refractivity contribution < 1.29 is 0 Å². The van der Waals surface area contributed by atoms with Gasteiger partial charge in [0.05, 0.1) is 0 Å². The summed E-state index contributed by atoms with van der Waals surface area (Å²) in [6.07, 6.45) is 2.17. The molecule has 0 spiro atoms. The lowest BCUT2D eigenvalue weighted by molar-refractivity contribution is 0.786. The lowest BCUT2D eigenvalue weighted by atomic mass is 10.5. The first-order chi connectivity index (χ1) is 3.68. The Bertz CT molecular complexity index is 80.6. The Kier molecular flexibility index (Phi) is 4.19. The van der Waals surface area contributed by atoms with Gasteiger partial charge in [-0.15, -0.1) is 0 Å². The van der Waals surface area contributed by atoms with Crippen LogP contribution in [-0.4, -0.2) is 31.0 Å². The molecule has 0 saturated carbocycles. The molecular weight excluding hydrogens is 118 g/mol. The molecular formula is C6H15NS. The van der Waals surface area contributed by atoms with Gasteiger partial charge in [-0.1, -0.05) is 12.8 Å². The highest BCUT2D eigenvalue weighted by Crippen LogP contribution is 2.10. The monoisotopic (exact) mass is 133 g/mol. The summed E-state index contributed by atoms with van der Waals surface area (Å²) in [6, 6.07) is 0. The van der Waals surface area contributed by atoms with Gasteiger partial charge < -0.3 is 5.32 Å². The zero-order valence-corrected chi connectivity index (χ0v) is 6.72. The molecule has 0 fully saturated rings. The summed E-state index contributed by atoms with van der Waals surface area (Å²) < 4.78 is 0. The second-order valence-electron chi connectivity index (χ2n) is 2.06. The fraction of sp³-hybridized carbons (Fsp3) is 0.833. The highest BCUT2D eigenvalue weighted by Gasteiger charge is 1.96. The molecule has 0 amide bonds. The van der Waals surface area contributed by atoms with E-state index in [1.807, 2.05) is 7.05 Å². The average Bonchev–Trinajstić information content (AvgIpc) is 1.67. The van der Waals surface area contributed by atoms with E-state index in [0.717, 1.165) is 11.8 Å². The van der Waals surface area contributed by atoms with Crippen molar-refractivity contribution in [2.45, 2.75) is 12.2 Å². The Morgan fingerprint density at radius 2 is 2.25 bits per heavy atom. The first kappa shape index (κ1) is 8.18. The SMILES string of the molecule is C=S(C)C(C)CNC. The molecule has 0 aromatic heterocycles. The first-order valence-electron chi connectivity index (χ1n) is 2.77. The van der Waals surface area contributed by atoms with Crippen LogP contribution in [0.15, 0.2) is 0 Å². The second kappa shape index (κ2) is 4.10. The van der Waals surface area contributed by atoms with Crippen molar-refractivity contribution >= 4 is 16.4 Å². The fourth-order valence-electron chi connectivity index (χ4n) is 0.430. The minimum atomic E-state index is 0.327. The van der Waals surface area contributed by atoms with Gasteiger partial charge in [0.15, 0.2) is 0 Å². The molecule has 0 saturated heterocycles. The van der Waals surface area contributed by atoms with Crippen LogP contribution in [0.5, 0.6) is 0 Å². The minimum absolute atomic E-state index is 0.327. The van der Waals surface area contributed by atoms with Crippen molar-refractivity contribution in [1.29, 1.82) is 0 Å². The molecule has 0 aliphatic heterocycles. The summed E-state index contributed by atoms with van der Waals surface area (Å²) >= 11 is 0.